The van der Waals surface area contributed by atoms with E-state index in [4.69, 9.17) is 9.47 Å². The van der Waals surface area contributed by atoms with E-state index in [0.717, 1.165) is 43.7 Å². The molecule has 0 aliphatic carbocycles. The highest BCUT2D eigenvalue weighted by molar-refractivity contribution is 5.94. The first-order chi connectivity index (χ1) is 14.6. The number of carbonyl (C=O) groups excluding carboxylic acids is 2. The third-order valence-electron chi connectivity index (χ3n) is 6.20. The largest absolute Gasteiger partial charge is 0.469 e. The molecule has 0 bridgehead atoms. The van der Waals surface area contributed by atoms with Gasteiger partial charge in [0, 0.05) is 57.0 Å². The van der Waals surface area contributed by atoms with E-state index in [2.05, 4.69) is 27.1 Å². The number of methoxy groups -OCH3 is 2. The average Bonchev–Trinajstić information content (AvgIpc) is 3.38. The van der Waals surface area contributed by atoms with Crippen LogP contribution >= 0.6 is 0 Å². The Morgan fingerprint density at radius 3 is 2.80 bits per heavy atom. The first-order valence-corrected chi connectivity index (χ1v) is 11.0. The third-order valence-corrected chi connectivity index (χ3v) is 6.20. The summed E-state index contributed by atoms with van der Waals surface area (Å²) in [5.41, 5.74) is 2.57. The number of hydrogen-bond donors (Lipinski definition) is 1. The van der Waals surface area contributed by atoms with Crippen molar-refractivity contribution in [2.45, 2.75) is 51.7 Å². The molecule has 3 rings (SSSR count). The van der Waals surface area contributed by atoms with Crippen LogP contribution in [0.25, 0.3) is 0 Å². The van der Waals surface area contributed by atoms with Gasteiger partial charge in [-0.15, -0.1) is 0 Å². The predicted octanol–water partition coefficient (Wildman–Crippen LogP) is 0.665. The summed E-state index contributed by atoms with van der Waals surface area (Å²) in [7, 11) is 3.07. The highest BCUT2D eigenvalue weighted by atomic mass is 16.5. The number of fused-ring (bicyclic) bond motifs is 1. The van der Waals surface area contributed by atoms with Crippen LogP contribution < -0.4 is 5.32 Å². The second-order valence-electron chi connectivity index (χ2n) is 7.98. The van der Waals surface area contributed by atoms with Gasteiger partial charge in [-0.25, -0.2) is 0 Å². The van der Waals surface area contributed by atoms with Crippen LogP contribution in [-0.4, -0.2) is 91.0 Å². The molecule has 1 N–H and O–H groups in total. The maximum atomic E-state index is 13.0. The van der Waals surface area contributed by atoms with Crippen LogP contribution in [0.15, 0.2) is 0 Å². The minimum Gasteiger partial charge on any atom is -0.469 e. The lowest BCUT2D eigenvalue weighted by molar-refractivity contribution is -0.141. The van der Waals surface area contributed by atoms with Crippen molar-refractivity contribution < 1.29 is 19.1 Å². The van der Waals surface area contributed by atoms with Crippen molar-refractivity contribution in [3.63, 3.8) is 0 Å². The first kappa shape index (κ1) is 22.7. The molecule has 1 aromatic heterocycles. The number of ether oxygens (including phenoxy) is 2. The van der Waals surface area contributed by atoms with E-state index in [1.165, 1.54) is 13.5 Å². The molecule has 0 aromatic carbocycles. The van der Waals surface area contributed by atoms with Gasteiger partial charge in [0.05, 0.1) is 26.7 Å². The molecule has 9 heteroatoms. The second kappa shape index (κ2) is 10.9. The fraction of sp³-hybridized carbons (Fsp3) is 0.762. The molecular weight excluding hydrogens is 386 g/mol. The van der Waals surface area contributed by atoms with Crippen molar-refractivity contribution in [2.24, 2.45) is 0 Å². The van der Waals surface area contributed by atoms with Crippen LogP contribution in [0, 0.1) is 0 Å². The lowest BCUT2D eigenvalue weighted by Gasteiger charge is -2.27. The highest BCUT2D eigenvalue weighted by Gasteiger charge is 2.29. The minimum atomic E-state index is -0.216. The van der Waals surface area contributed by atoms with Gasteiger partial charge in [0.1, 0.15) is 0 Å². The average molecular weight is 422 g/mol. The van der Waals surface area contributed by atoms with E-state index >= 15 is 0 Å². The summed E-state index contributed by atoms with van der Waals surface area (Å²) in [6, 6.07) is 0.405. The number of rotatable bonds is 10. The number of amides is 1. The molecule has 0 saturated carbocycles. The van der Waals surface area contributed by atoms with Gasteiger partial charge in [0.15, 0.2) is 5.69 Å². The zero-order chi connectivity index (χ0) is 21.5. The number of esters is 1. The lowest BCUT2D eigenvalue weighted by atomic mass is 10.0. The molecule has 168 valence electrons. The highest BCUT2D eigenvalue weighted by Crippen LogP contribution is 2.23. The zero-order valence-electron chi connectivity index (χ0n) is 18.5. The summed E-state index contributed by atoms with van der Waals surface area (Å²) in [5.74, 6) is -0.327. The van der Waals surface area contributed by atoms with Crippen molar-refractivity contribution in [3.05, 3.63) is 17.0 Å². The van der Waals surface area contributed by atoms with E-state index in [9.17, 15) is 9.59 Å². The number of likely N-dealkylation sites (N-methyl/N-ethyl adjacent to an activating group) is 1. The van der Waals surface area contributed by atoms with Gasteiger partial charge < -0.3 is 14.8 Å². The van der Waals surface area contributed by atoms with Crippen molar-refractivity contribution >= 4 is 11.9 Å². The molecule has 1 saturated heterocycles. The number of aromatic nitrogens is 2. The Morgan fingerprint density at radius 2 is 2.07 bits per heavy atom. The van der Waals surface area contributed by atoms with E-state index < -0.39 is 0 Å². The summed E-state index contributed by atoms with van der Waals surface area (Å²) < 4.78 is 11.9. The van der Waals surface area contributed by atoms with Gasteiger partial charge in [0.25, 0.3) is 5.91 Å². The van der Waals surface area contributed by atoms with Crippen LogP contribution in [-0.2, 0) is 33.8 Å². The van der Waals surface area contributed by atoms with Gasteiger partial charge in [-0.1, -0.05) is 6.92 Å². The first-order valence-electron chi connectivity index (χ1n) is 11.0. The summed E-state index contributed by atoms with van der Waals surface area (Å²) in [6.45, 7) is 8.17. The smallest absolute Gasteiger partial charge is 0.306 e. The Kier molecular flexibility index (Phi) is 8.24. The SMILES string of the molecule is CCN1CCCC1CNC(=O)c1nn(CCOC)c2c1CN(CCC(=O)OC)CC2. The van der Waals surface area contributed by atoms with Crippen LogP contribution in [0.1, 0.15) is 47.9 Å². The monoisotopic (exact) mass is 421 g/mol. The fourth-order valence-corrected chi connectivity index (χ4v) is 4.47. The molecular formula is C21H35N5O4. The number of nitrogens with one attached hydrogen (secondary N) is 1. The summed E-state index contributed by atoms with van der Waals surface area (Å²) in [6.07, 6.45) is 3.45. The number of carbonyl (C=O) groups is 2. The molecule has 0 spiro atoms. The van der Waals surface area contributed by atoms with Crippen LogP contribution in [0.3, 0.4) is 0 Å². The lowest BCUT2D eigenvalue weighted by Crippen LogP contribution is -2.40. The molecule has 1 fully saturated rings. The standard InChI is InChI=1S/C21H35N5O4/c1-4-25-9-5-6-16(25)14-22-21(28)20-17-15-24(11-8-19(27)30-3)10-7-18(17)26(23-20)12-13-29-2/h16H,4-15H2,1-3H3,(H,22,28). The zero-order valence-corrected chi connectivity index (χ0v) is 18.5. The second-order valence-corrected chi connectivity index (χ2v) is 7.98. The molecule has 3 heterocycles. The molecule has 1 unspecified atom stereocenters. The van der Waals surface area contributed by atoms with Crippen LogP contribution in [0.2, 0.25) is 0 Å². The molecule has 1 aromatic rings. The van der Waals surface area contributed by atoms with Crippen molar-refractivity contribution in [3.8, 4) is 0 Å². The van der Waals surface area contributed by atoms with Crippen molar-refractivity contribution in [1.82, 2.24) is 24.9 Å². The molecule has 9 nitrogen and oxygen atoms in total. The third kappa shape index (κ3) is 5.39. The van der Waals surface area contributed by atoms with Gasteiger partial charge in [0.2, 0.25) is 0 Å². The predicted molar refractivity (Wildman–Crippen MR) is 112 cm³/mol. The number of nitrogens with zero attached hydrogens (tertiary/aromatic N) is 4. The normalized spacial score (nSPS) is 19.6. The maximum absolute atomic E-state index is 13.0. The Bertz CT molecular complexity index is 735. The van der Waals surface area contributed by atoms with Crippen LogP contribution in [0.5, 0.6) is 0 Å². The Balaban J connectivity index is 1.70. The van der Waals surface area contributed by atoms with Crippen LogP contribution in [0.4, 0.5) is 0 Å². The van der Waals surface area contributed by atoms with E-state index in [-0.39, 0.29) is 11.9 Å². The summed E-state index contributed by atoms with van der Waals surface area (Å²) in [4.78, 5) is 29.2. The van der Waals surface area contributed by atoms with Gasteiger partial charge in [-0.3, -0.25) is 24.1 Å². The fourth-order valence-electron chi connectivity index (χ4n) is 4.47. The van der Waals surface area contributed by atoms with E-state index in [1.807, 2.05) is 4.68 Å². The Labute approximate surface area is 178 Å². The van der Waals surface area contributed by atoms with E-state index in [1.54, 1.807) is 7.11 Å². The van der Waals surface area contributed by atoms with Crippen molar-refractivity contribution in [1.29, 1.82) is 0 Å². The minimum absolute atomic E-state index is 0.111. The number of hydrogen-bond acceptors (Lipinski definition) is 7. The van der Waals surface area contributed by atoms with E-state index in [0.29, 0.717) is 50.9 Å². The maximum Gasteiger partial charge on any atom is 0.306 e. The Hall–Kier alpha value is -1.97. The summed E-state index contributed by atoms with van der Waals surface area (Å²) in [5, 5.41) is 7.77. The molecule has 1 amide bonds. The molecule has 2 aliphatic heterocycles. The van der Waals surface area contributed by atoms with Crippen molar-refractivity contribution in [2.75, 3.05) is 53.6 Å². The topological polar surface area (TPSA) is 88.9 Å². The molecule has 2 aliphatic rings. The summed E-state index contributed by atoms with van der Waals surface area (Å²) >= 11 is 0. The Morgan fingerprint density at radius 1 is 1.23 bits per heavy atom. The number of likely N-dealkylation sites (tertiary alicyclic amines) is 1. The molecule has 0 radical (unpaired) electrons. The van der Waals surface area contributed by atoms with Gasteiger partial charge >= 0.3 is 5.97 Å². The molecule has 1 atom stereocenters. The molecule has 30 heavy (non-hydrogen) atoms. The quantitative estimate of drug-likeness (QED) is 0.555. The van der Waals surface area contributed by atoms with Gasteiger partial charge in [-0.05, 0) is 25.9 Å². The van der Waals surface area contributed by atoms with Gasteiger partial charge in [-0.2, -0.15) is 5.10 Å².